The first kappa shape index (κ1) is 13.7. The SMILES string of the molecule is Cc1cccc(-c2noc(C(C(C)C)C(C)O)n2)n1. The van der Waals surface area contributed by atoms with Gasteiger partial charge in [-0.2, -0.15) is 4.98 Å². The molecule has 0 fully saturated rings. The molecule has 5 heteroatoms. The van der Waals surface area contributed by atoms with E-state index in [1.54, 1.807) is 6.92 Å². The van der Waals surface area contributed by atoms with Gasteiger partial charge in [0.05, 0.1) is 12.0 Å². The Bertz CT molecular complexity index is 541. The molecule has 2 unspecified atom stereocenters. The van der Waals surface area contributed by atoms with Crippen molar-refractivity contribution in [3.63, 3.8) is 0 Å². The highest BCUT2D eigenvalue weighted by Gasteiger charge is 2.27. The number of pyridine rings is 1. The van der Waals surface area contributed by atoms with Crippen molar-refractivity contribution in [2.24, 2.45) is 5.92 Å². The number of hydrogen-bond acceptors (Lipinski definition) is 5. The molecule has 2 heterocycles. The number of rotatable bonds is 4. The molecular weight excluding hydrogens is 242 g/mol. The summed E-state index contributed by atoms with van der Waals surface area (Å²) in [5, 5.41) is 13.8. The van der Waals surface area contributed by atoms with Gasteiger partial charge in [-0.15, -0.1) is 0 Å². The van der Waals surface area contributed by atoms with Crippen LogP contribution in [0.3, 0.4) is 0 Å². The van der Waals surface area contributed by atoms with Crippen molar-refractivity contribution < 1.29 is 9.63 Å². The van der Waals surface area contributed by atoms with E-state index in [9.17, 15) is 5.11 Å². The molecule has 1 N–H and O–H groups in total. The van der Waals surface area contributed by atoms with Crippen LogP contribution in [0.25, 0.3) is 11.5 Å². The average Bonchev–Trinajstić information content (AvgIpc) is 2.77. The predicted octanol–water partition coefficient (Wildman–Crippen LogP) is 2.56. The van der Waals surface area contributed by atoms with Gasteiger partial charge in [-0.3, -0.25) is 0 Å². The molecule has 0 aliphatic heterocycles. The summed E-state index contributed by atoms with van der Waals surface area (Å²) in [7, 11) is 0. The fraction of sp³-hybridized carbons (Fsp3) is 0.500. The van der Waals surface area contributed by atoms with Crippen LogP contribution in [-0.4, -0.2) is 26.3 Å². The lowest BCUT2D eigenvalue weighted by molar-refractivity contribution is 0.120. The standard InChI is InChI=1S/C14H19N3O2/c1-8(2)12(10(4)18)14-16-13(17-19-14)11-7-5-6-9(3)15-11/h5-8,10,12,18H,1-4H3. The molecule has 0 amide bonds. The number of aliphatic hydroxyl groups excluding tert-OH is 1. The fourth-order valence-corrected chi connectivity index (χ4v) is 2.19. The Balaban J connectivity index is 2.33. The Morgan fingerprint density at radius 3 is 2.47 bits per heavy atom. The summed E-state index contributed by atoms with van der Waals surface area (Å²) >= 11 is 0. The maximum Gasteiger partial charge on any atom is 0.232 e. The third kappa shape index (κ3) is 2.98. The highest BCUT2D eigenvalue weighted by atomic mass is 16.5. The minimum atomic E-state index is -0.529. The highest BCUT2D eigenvalue weighted by molar-refractivity contribution is 5.48. The van der Waals surface area contributed by atoms with Crippen molar-refractivity contribution in [3.05, 3.63) is 29.8 Å². The van der Waals surface area contributed by atoms with Crippen molar-refractivity contribution in [1.29, 1.82) is 0 Å². The van der Waals surface area contributed by atoms with E-state index < -0.39 is 6.10 Å². The van der Waals surface area contributed by atoms with E-state index in [2.05, 4.69) is 15.1 Å². The molecule has 0 saturated carbocycles. The lowest BCUT2D eigenvalue weighted by Gasteiger charge is -2.19. The van der Waals surface area contributed by atoms with Gasteiger partial charge in [0, 0.05) is 5.69 Å². The van der Waals surface area contributed by atoms with Gasteiger partial charge in [-0.25, -0.2) is 4.98 Å². The Morgan fingerprint density at radius 2 is 1.89 bits per heavy atom. The maximum atomic E-state index is 9.82. The number of nitrogens with zero attached hydrogens (tertiary/aromatic N) is 3. The summed E-state index contributed by atoms with van der Waals surface area (Å²) in [6, 6.07) is 5.66. The van der Waals surface area contributed by atoms with Gasteiger partial charge >= 0.3 is 0 Å². The lowest BCUT2D eigenvalue weighted by atomic mass is 9.91. The van der Waals surface area contributed by atoms with Gasteiger partial charge in [0.15, 0.2) is 0 Å². The van der Waals surface area contributed by atoms with E-state index in [1.165, 1.54) is 0 Å². The third-order valence-corrected chi connectivity index (χ3v) is 3.08. The van der Waals surface area contributed by atoms with Crippen molar-refractivity contribution in [1.82, 2.24) is 15.1 Å². The van der Waals surface area contributed by atoms with Crippen LogP contribution in [0, 0.1) is 12.8 Å². The minimum absolute atomic E-state index is 0.161. The molecule has 2 aromatic rings. The van der Waals surface area contributed by atoms with Crippen molar-refractivity contribution in [2.75, 3.05) is 0 Å². The Morgan fingerprint density at radius 1 is 1.16 bits per heavy atom. The van der Waals surface area contributed by atoms with Crippen LogP contribution in [0.5, 0.6) is 0 Å². The first-order valence-electron chi connectivity index (χ1n) is 6.44. The van der Waals surface area contributed by atoms with Crippen LogP contribution in [0.4, 0.5) is 0 Å². The molecule has 0 aliphatic carbocycles. The first-order chi connectivity index (χ1) is 8.99. The van der Waals surface area contributed by atoms with Crippen molar-refractivity contribution in [2.45, 2.75) is 39.7 Å². The highest BCUT2D eigenvalue weighted by Crippen LogP contribution is 2.28. The number of hydrogen-bond donors (Lipinski definition) is 1. The molecule has 0 aromatic carbocycles. The largest absolute Gasteiger partial charge is 0.393 e. The molecule has 2 atom stereocenters. The second-order valence-corrected chi connectivity index (χ2v) is 5.13. The van der Waals surface area contributed by atoms with Crippen LogP contribution in [0.1, 0.15) is 38.3 Å². The predicted molar refractivity (Wildman–Crippen MR) is 71.5 cm³/mol. The molecular formula is C14H19N3O2. The average molecular weight is 261 g/mol. The molecule has 0 bridgehead atoms. The second kappa shape index (κ2) is 5.48. The van der Waals surface area contributed by atoms with Crippen LogP contribution >= 0.6 is 0 Å². The van der Waals surface area contributed by atoms with Gasteiger partial charge in [0.25, 0.3) is 0 Å². The molecule has 2 rings (SSSR count). The summed E-state index contributed by atoms with van der Waals surface area (Å²) in [6.07, 6.45) is -0.529. The van der Waals surface area contributed by atoms with Crippen LogP contribution in [0.15, 0.2) is 22.7 Å². The zero-order valence-electron chi connectivity index (χ0n) is 11.7. The summed E-state index contributed by atoms with van der Waals surface area (Å²) in [6.45, 7) is 7.69. The quantitative estimate of drug-likeness (QED) is 0.915. The van der Waals surface area contributed by atoms with E-state index in [-0.39, 0.29) is 11.8 Å². The van der Waals surface area contributed by atoms with E-state index in [4.69, 9.17) is 4.52 Å². The molecule has 19 heavy (non-hydrogen) atoms. The van der Waals surface area contributed by atoms with Gasteiger partial charge in [0.2, 0.25) is 11.7 Å². The smallest absolute Gasteiger partial charge is 0.232 e. The first-order valence-corrected chi connectivity index (χ1v) is 6.44. The molecule has 102 valence electrons. The van der Waals surface area contributed by atoms with Crippen molar-refractivity contribution >= 4 is 0 Å². The molecule has 5 nitrogen and oxygen atoms in total. The summed E-state index contributed by atoms with van der Waals surface area (Å²) < 4.78 is 5.28. The van der Waals surface area contributed by atoms with E-state index in [0.717, 1.165) is 5.69 Å². The van der Waals surface area contributed by atoms with Crippen LogP contribution < -0.4 is 0 Å². The Kier molecular flexibility index (Phi) is 3.95. The number of aromatic nitrogens is 3. The van der Waals surface area contributed by atoms with Gasteiger partial charge in [0.1, 0.15) is 5.69 Å². The zero-order chi connectivity index (χ0) is 14.0. The molecule has 0 radical (unpaired) electrons. The molecule has 0 aliphatic rings. The van der Waals surface area contributed by atoms with E-state index in [0.29, 0.717) is 17.4 Å². The second-order valence-electron chi connectivity index (χ2n) is 5.13. The normalized spacial score (nSPS) is 14.6. The maximum absolute atomic E-state index is 9.82. The van der Waals surface area contributed by atoms with Crippen molar-refractivity contribution in [3.8, 4) is 11.5 Å². The third-order valence-electron chi connectivity index (χ3n) is 3.08. The lowest BCUT2D eigenvalue weighted by Crippen LogP contribution is -2.20. The van der Waals surface area contributed by atoms with Gasteiger partial charge in [-0.1, -0.05) is 25.1 Å². The molecule has 0 spiro atoms. The molecule has 2 aromatic heterocycles. The van der Waals surface area contributed by atoms with Gasteiger partial charge in [-0.05, 0) is 31.9 Å². The summed E-state index contributed by atoms with van der Waals surface area (Å²) in [5.74, 6) is 0.984. The summed E-state index contributed by atoms with van der Waals surface area (Å²) in [4.78, 5) is 8.72. The van der Waals surface area contributed by atoms with Crippen LogP contribution in [-0.2, 0) is 0 Å². The number of aryl methyl sites for hydroxylation is 1. The van der Waals surface area contributed by atoms with Gasteiger partial charge < -0.3 is 9.63 Å². The minimum Gasteiger partial charge on any atom is -0.393 e. The van der Waals surface area contributed by atoms with E-state index in [1.807, 2.05) is 39.0 Å². The van der Waals surface area contributed by atoms with E-state index >= 15 is 0 Å². The molecule has 0 saturated heterocycles. The summed E-state index contributed by atoms with van der Waals surface area (Å²) in [5.41, 5.74) is 1.59. The fourth-order valence-electron chi connectivity index (χ4n) is 2.19. The Labute approximate surface area is 112 Å². The zero-order valence-corrected chi connectivity index (χ0v) is 11.7. The number of aliphatic hydroxyl groups is 1. The Hall–Kier alpha value is -1.75. The monoisotopic (exact) mass is 261 g/mol. The topological polar surface area (TPSA) is 72.0 Å². The van der Waals surface area contributed by atoms with Crippen LogP contribution in [0.2, 0.25) is 0 Å².